The predicted octanol–water partition coefficient (Wildman–Crippen LogP) is 2.55. The second-order valence-electron chi connectivity index (χ2n) is 7.30. The van der Waals surface area contributed by atoms with Crippen LogP contribution in [0.15, 0.2) is 47.4 Å². The fourth-order valence-electron chi connectivity index (χ4n) is 3.51. The van der Waals surface area contributed by atoms with Crippen molar-refractivity contribution in [2.75, 3.05) is 6.54 Å². The zero-order valence-corrected chi connectivity index (χ0v) is 15.8. The quantitative estimate of drug-likeness (QED) is 0.698. The zero-order valence-electron chi connectivity index (χ0n) is 15.8. The van der Waals surface area contributed by atoms with Crippen molar-refractivity contribution < 1.29 is 9.90 Å². The Morgan fingerprint density at radius 2 is 2.03 bits per heavy atom. The minimum Gasteiger partial charge on any atom is -0.505 e. The Morgan fingerprint density at radius 1 is 1.28 bits per heavy atom. The average Bonchev–Trinajstić information content (AvgIpc) is 2.70. The van der Waals surface area contributed by atoms with Crippen molar-refractivity contribution in [3.63, 3.8) is 0 Å². The van der Waals surface area contributed by atoms with E-state index in [0.717, 1.165) is 24.8 Å². The van der Waals surface area contributed by atoms with Crippen molar-refractivity contribution in [2.24, 2.45) is 5.92 Å². The molecule has 1 aliphatic carbocycles. The Balaban J connectivity index is 1.73. The molecule has 1 amide bonds. The average molecular weight is 388 g/mol. The van der Waals surface area contributed by atoms with Gasteiger partial charge < -0.3 is 15.0 Å². The first kappa shape index (κ1) is 18.7. The number of benzene rings is 1. The number of nitrogens with zero attached hydrogens (tertiary/aromatic N) is 3. The van der Waals surface area contributed by atoms with Crippen LogP contribution in [0.25, 0.3) is 10.8 Å². The fourth-order valence-corrected chi connectivity index (χ4v) is 3.51. The maximum absolute atomic E-state index is 13.0. The van der Waals surface area contributed by atoms with Crippen LogP contribution < -0.4 is 10.9 Å². The molecule has 7 nitrogen and oxygen atoms in total. The van der Waals surface area contributed by atoms with E-state index < -0.39 is 11.5 Å². The van der Waals surface area contributed by atoms with Crippen molar-refractivity contribution in [3.05, 3.63) is 69.9 Å². The second kappa shape index (κ2) is 7.76. The highest BCUT2D eigenvalue weighted by Crippen LogP contribution is 2.28. The van der Waals surface area contributed by atoms with Crippen LogP contribution >= 0.6 is 0 Å². The fraction of sp³-hybridized carbons (Fsp3) is 0.273. The van der Waals surface area contributed by atoms with Gasteiger partial charge in [-0.2, -0.15) is 5.26 Å². The number of hydrogen-bond donors (Lipinski definition) is 2. The molecule has 0 unspecified atom stereocenters. The van der Waals surface area contributed by atoms with Gasteiger partial charge >= 0.3 is 0 Å². The number of aromatic nitrogens is 2. The van der Waals surface area contributed by atoms with Crippen LogP contribution in [0.2, 0.25) is 0 Å². The van der Waals surface area contributed by atoms with Gasteiger partial charge in [0.15, 0.2) is 17.1 Å². The summed E-state index contributed by atoms with van der Waals surface area (Å²) in [6.45, 7) is 0.837. The topological polar surface area (TPSA) is 108 Å². The van der Waals surface area contributed by atoms with Crippen LogP contribution in [0.1, 0.15) is 41.0 Å². The second-order valence-corrected chi connectivity index (χ2v) is 7.30. The van der Waals surface area contributed by atoms with Gasteiger partial charge in [0.1, 0.15) is 6.07 Å². The van der Waals surface area contributed by atoms with Crippen molar-refractivity contribution in [3.8, 4) is 11.8 Å². The normalized spacial score (nSPS) is 13.6. The largest absolute Gasteiger partial charge is 0.505 e. The van der Waals surface area contributed by atoms with Gasteiger partial charge in [-0.25, -0.2) is 4.98 Å². The Bertz CT molecular complexity index is 1170. The third-order valence-electron chi connectivity index (χ3n) is 5.40. The van der Waals surface area contributed by atoms with Gasteiger partial charge in [0, 0.05) is 18.1 Å². The highest BCUT2D eigenvalue weighted by atomic mass is 16.3. The molecule has 4 rings (SSSR count). The zero-order chi connectivity index (χ0) is 20.4. The molecular formula is C22H20N4O3. The van der Waals surface area contributed by atoms with Crippen LogP contribution in [0.4, 0.5) is 0 Å². The summed E-state index contributed by atoms with van der Waals surface area (Å²) in [5, 5.41) is 23.1. The van der Waals surface area contributed by atoms with Crippen LogP contribution in [0.3, 0.4) is 0 Å². The third-order valence-corrected chi connectivity index (χ3v) is 5.40. The summed E-state index contributed by atoms with van der Waals surface area (Å²) in [7, 11) is 0. The van der Waals surface area contributed by atoms with Crippen molar-refractivity contribution in [1.82, 2.24) is 14.9 Å². The lowest BCUT2D eigenvalue weighted by Gasteiger charge is -2.25. The van der Waals surface area contributed by atoms with Crippen LogP contribution in [-0.4, -0.2) is 27.1 Å². The number of pyridine rings is 2. The summed E-state index contributed by atoms with van der Waals surface area (Å²) >= 11 is 0. The van der Waals surface area contributed by atoms with E-state index in [1.165, 1.54) is 4.57 Å². The minimum atomic E-state index is -0.540. The molecule has 2 heterocycles. The summed E-state index contributed by atoms with van der Waals surface area (Å²) in [4.78, 5) is 29.5. The molecule has 0 bridgehead atoms. The number of carbonyl (C=O) groups is 1. The highest BCUT2D eigenvalue weighted by molar-refractivity contribution is 6.02. The van der Waals surface area contributed by atoms with E-state index in [2.05, 4.69) is 10.3 Å². The van der Waals surface area contributed by atoms with E-state index in [-0.39, 0.29) is 27.9 Å². The van der Waals surface area contributed by atoms with Gasteiger partial charge in [-0.3, -0.25) is 9.59 Å². The van der Waals surface area contributed by atoms with Crippen molar-refractivity contribution in [2.45, 2.75) is 25.8 Å². The first-order chi connectivity index (χ1) is 14.1. The summed E-state index contributed by atoms with van der Waals surface area (Å²) in [6.07, 6.45) is 4.85. The number of nitriles is 1. The first-order valence-electron chi connectivity index (χ1n) is 9.57. The molecule has 146 valence electrons. The Kier molecular flexibility index (Phi) is 5.00. The molecule has 0 spiro atoms. The number of nitrogens with one attached hydrogen (secondary N) is 1. The molecule has 2 aromatic heterocycles. The molecule has 7 heteroatoms. The molecule has 0 saturated heterocycles. The van der Waals surface area contributed by atoms with Crippen LogP contribution in [0.5, 0.6) is 5.75 Å². The Hall–Kier alpha value is -3.66. The standard InChI is InChI=1S/C22H20N4O3/c23-11-17-18-16(9-10-26(22(18)29)13-15-5-2-1-3-6-15)20(27)19(25-17)21(28)24-12-14-7-4-8-14/h1-3,5-6,9-10,14,27H,4,7-8,12-13H2,(H,24,28). The van der Waals surface area contributed by atoms with E-state index in [0.29, 0.717) is 19.0 Å². The van der Waals surface area contributed by atoms with Crippen molar-refractivity contribution >= 4 is 16.7 Å². The van der Waals surface area contributed by atoms with Gasteiger partial charge in [0.25, 0.3) is 11.5 Å². The lowest BCUT2D eigenvalue weighted by Crippen LogP contribution is -2.33. The molecule has 0 aliphatic heterocycles. The number of amides is 1. The van der Waals surface area contributed by atoms with Gasteiger partial charge in [-0.05, 0) is 30.4 Å². The van der Waals surface area contributed by atoms with E-state index in [9.17, 15) is 20.0 Å². The van der Waals surface area contributed by atoms with Gasteiger partial charge in [0.05, 0.1) is 11.9 Å². The first-order valence-corrected chi connectivity index (χ1v) is 9.57. The number of hydrogen-bond acceptors (Lipinski definition) is 5. The van der Waals surface area contributed by atoms with Crippen molar-refractivity contribution in [1.29, 1.82) is 5.26 Å². The van der Waals surface area contributed by atoms with Gasteiger partial charge in [-0.15, -0.1) is 0 Å². The van der Waals surface area contributed by atoms with Gasteiger partial charge in [-0.1, -0.05) is 36.8 Å². The van der Waals surface area contributed by atoms with Gasteiger partial charge in [0.2, 0.25) is 0 Å². The summed E-state index contributed by atoms with van der Waals surface area (Å²) in [5.41, 5.74) is 0.0938. The predicted molar refractivity (Wildman–Crippen MR) is 108 cm³/mol. The molecule has 0 radical (unpaired) electrons. The molecule has 0 atom stereocenters. The Labute approximate surface area is 167 Å². The SMILES string of the molecule is N#Cc1nc(C(=O)NCC2CCC2)c(O)c2ccn(Cc3ccccc3)c(=O)c12. The smallest absolute Gasteiger partial charge is 0.273 e. The lowest BCUT2D eigenvalue weighted by atomic mass is 9.85. The minimum absolute atomic E-state index is 0.0129. The Morgan fingerprint density at radius 3 is 2.69 bits per heavy atom. The maximum Gasteiger partial charge on any atom is 0.273 e. The monoisotopic (exact) mass is 388 g/mol. The summed E-state index contributed by atoms with van der Waals surface area (Å²) in [5.74, 6) is -0.475. The van der Waals surface area contributed by atoms with E-state index >= 15 is 0 Å². The number of rotatable bonds is 5. The summed E-state index contributed by atoms with van der Waals surface area (Å²) < 4.78 is 1.45. The molecule has 1 aliphatic rings. The number of carbonyl (C=O) groups excluding carboxylic acids is 1. The van der Waals surface area contributed by atoms with Crippen LogP contribution in [0, 0.1) is 17.2 Å². The van der Waals surface area contributed by atoms with Crippen LogP contribution in [-0.2, 0) is 6.54 Å². The summed E-state index contributed by atoms with van der Waals surface area (Å²) in [6, 6.07) is 12.9. The van der Waals surface area contributed by atoms with E-state index in [1.54, 1.807) is 12.3 Å². The molecule has 29 heavy (non-hydrogen) atoms. The van der Waals surface area contributed by atoms with E-state index in [1.807, 2.05) is 36.4 Å². The number of fused-ring (bicyclic) bond motifs is 1. The molecule has 1 fully saturated rings. The molecular weight excluding hydrogens is 368 g/mol. The third kappa shape index (κ3) is 3.57. The molecule has 1 aromatic carbocycles. The number of aromatic hydroxyl groups is 1. The maximum atomic E-state index is 13.0. The lowest BCUT2D eigenvalue weighted by molar-refractivity contribution is 0.0931. The van der Waals surface area contributed by atoms with E-state index in [4.69, 9.17) is 0 Å². The molecule has 3 aromatic rings. The molecule has 2 N–H and O–H groups in total. The molecule has 1 saturated carbocycles. The highest BCUT2D eigenvalue weighted by Gasteiger charge is 2.23.